The second-order valence-electron chi connectivity index (χ2n) is 6.94. The molecule has 1 fully saturated rings. The molecule has 1 N–H and O–H groups in total. The summed E-state index contributed by atoms with van der Waals surface area (Å²) in [6.45, 7) is 6.85. The van der Waals surface area contributed by atoms with Gasteiger partial charge in [-0.15, -0.1) is 0 Å². The maximum atomic E-state index is 14.5. The van der Waals surface area contributed by atoms with Gasteiger partial charge in [0, 0.05) is 32.0 Å². The Labute approximate surface area is 170 Å². The molecule has 0 unspecified atom stereocenters. The summed E-state index contributed by atoms with van der Waals surface area (Å²) in [6, 6.07) is 5.12. The molecule has 0 bridgehead atoms. The number of imidazole rings is 1. The van der Waals surface area contributed by atoms with E-state index in [1.807, 2.05) is 19.9 Å². The molecule has 1 saturated heterocycles. The molecule has 3 rings (SSSR count). The Morgan fingerprint density at radius 1 is 1.34 bits per heavy atom. The fourth-order valence-electron chi connectivity index (χ4n) is 3.44. The summed E-state index contributed by atoms with van der Waals surface area (Å²) in [7, 11) is 0. The number of carbonyl (C=O) groups excluding carboxylic acids is 1. The van der Waals surface area contributed by atoms with Gasteiger partial charge in [-0.2, -0.15) is 0 Å². The highest BCUT2D eigenvalue weighted by Gasteiger charge is 2.27. The van der Waals surface area contributed by atoms with E-state index in [1.165, 1.54) is 6.07 Å². The van der Waals surface area contributed by atoms with Crippen LogP contribution in [0.15, 0.2) is 41.9 Å². The van der Waals surface area contributed by atoms with Crippen LogP contribution in [0.2, 0.25) is 0 Å². The van der Waals surface area contributed by atoms with Crippen molar-refractivity contribution in [3.63, 3.8) is 0 Å². The molecule has 2 heterocycles. The smallest absolute Gasteiger partial charge is 0.309 e. The van der Waals surface area contributed by atoms with E-state index in [0.717, 1.165) is 44.0 Å². The number of nitrogens with zero attached hydrogens (tertiary/aromatic N) is 4. The summed E-state index contributed by atoms with van der Waals surface area (Å²) in [5, 5.41) is 3.29. The van der Waals surface area contributed by atoms with E-state index in [9.17, 15) is 9.18 Å². The SMILES string of the molecule is CCNC(=NCc1ccc(-n2ccnc2)c(F)c1)N1CCC(C(=O)OCC)CC1. The lowest BCUT2D eigenvalue weighted by molar-refractivity contribution is -0.149. The monoisotopic (exact) mass is 401 g/mol. The first-order valence-electron chi connectivity index (χ1n) is 10.1. The van der Waals surface area contributed by atoms with Crippen LogP contribution in [-0.2, 0) is 16.1 Å². The van der Waals surface area contributed by atoms with E-state index >= 15 is 0 Å². The van der Waals surface area contributed by atoms with Crippen molar-refractivity contribution in [3.8, 4) is 5.69 Å². The van der Waals surface area contributed by atoms with Crippen molar-refractivity contribution in [3.05, 3.63) is 48.3 Å². The average molecular weight is 401 g/mol. The van der Waals surface area contributed by atoms with Gasteiger partial charge in [0.1, 0.15) is 5.82 Å². The van der Waals surface area contributed by atoms with Crippen molar-refractivity contribution in [2.45, 2.75) is 33.2 Å². The molecule has 2 aromatic rings. The number of aromatic nitrogens is 2. The van der Waals surface area contributed by atoms with Crippen molar-refractivity contribution in [1.29, 1.82) is 0 Å². The van der Waals surface area contributed by atoms with E-state index in [2.05, 4.69) is 20.2 Å². The number of nitrogens with one attached hydrogen (secondary N) is 1. The minimum atomic E-state index is -0.309. The first-order chi connectivity index (χ1) is 14.1. The number of esters is 1. The number of guanidine groups is 1. The number of rotatable bonds is 6. The molecule has 29 heavy (non-hydrogen) atoms. The first kappa shape index (κ1) is 20.8. The number of ether oxygens (including phenoxy) is 1. The fraction of sp³-hybridized carbons (Fsp3) is 0.476. The van der Waals surface area contributed by atoms with Gasteiger partial charge in [-0.25, -0.2) is 14.4 Å². The summed E-state index contributed by atoms with van der Waals surface area (Å²) in [6.07, 6.45) is 6.39. The maximum Gasteiger partial charge on any atom is 0.309 e. The van der Waals surface area contributed by atoms with E-state index in [1.54, 1.807) is 29.4 Å². The highest BCUT2D eigenvalue weighted by molar-refractivity contribution is 5.80. The summed E-state index contributed by atoms with van der Waals surface area (Å²) < 4.78 is 21.2. The third kappa shape index (κ3) is 5.34. The molecule has 1 aliphatic heterocycles. The molecule has 7 nitrogen and oxygen atoms in total. The first-order valence-corrected chi connectivity index (χ1v) is 10.1. The fourth-order valence-corrected chi connectivity index (χ4v) is 3.44. The standard InChI is InChI=1S/C21H28FN5O2/c1-3-24-21(26-10-7-17(8-11-26)20(28)29-4-2)25-14-16-5-6-19(18(22)13-16)27-12-9-23-15-27/h5-6,9,12-13,15,17H,3-4,7-8,10-11,14H2,1-2H3,(H,24,25). The van der Waals surface area contributed by atoms with Crippen LogP contribution < -0.4 is 5.32 Å². The Morgan fingerprint density at radius 3 is 2.76 bits per heavy atom. The lowest BCUT2D eigenvalue weighted by Gasteiger charge is -2.33. The number of piperidine rings is 1. The largest absolute Gasteiger partial charge is 0.466 e. The molecule has 0 spiro atoms. The number of halogens is 1. The Hall–Kier alpha value is -2.90. The second kappa shape index (κ2) is 10.0. The molecule has 0 atom stereocenters. The van der Waals surface area contributed by atoms with Crippen LogP contribution in [0.4, 0.5) is 4.39 Å². The van der Waals surface area contributed by atoms with Crippen LogP contribution >= 0.6 is 0 Å². The summed E-state index contributed by atoms with van der Waals surface area (Å²) in [5.74, 6) is 0.325. The Bertz CT molecular complexity index is 830. The number of benzene rings is 1. The molecular formula is C21H28FN5O2. The van der Waals surface area contributed by atoms with E-state index in [4.69, 9.17) is 4.74 Å². The molecule has 1 aromatic carbocycles. The van der Waals surface area contributed by atoms with E-state index in [0.29, 0.717) is 18.8 Å². The molecule has 156 valence electrons. The number of hydrogen-bond donors (Lipinski definition) is 1. The van der Waals surface area contributed by atoms with Gasteiger partial charge in [-0.05, 0) is 44.4 Å². The third-order valence-corrected chi connectivity index (χ3v) is 4.96. The number of aliphatic imine (C=N–C) groups is 1. The van der Waals surface area contributed by atoms with E-state index in [-0.39, 0.29) is 17.7 Å². The molecule has 0 saturated carbocycles. The van der Waals surface area contributed by atoms with Crippen LogP contribution in [0, 0.1) is 11.7 Å². The highest BCUT2D eigenvalue weighted by atomic mass is 19.1. The Kier molecular flexibility index (Phi) is 7.21. The lowest BCUT2D eigenvalue weighted by atomic mass is 9.97. The second-order valence-corrected chi connectivity index (χ2v) is 6.94. The number of carbonyl (C=O) groups is 1. The van der Waals surface area contributed by atoms with Crippen LogP contribution in [0.25, 0.3) is 5.69 Å². The van der Waals surface area contributed by atoms with Crippen molar-refractivity contribution in [1.82, 2.24) is 19.8 Å². The van der Waals surface area contributed by atoms with Gasteiger partial charge in [0.2, 0.25) is 0 Å². The van der Waals surface area contributed by atoms with Crippen molar-refractivity contribution in [2.24, 2.45) is 10.9 Å². The molecular weight excluding hydrogens is 373 g/mol. The zero-order chi connectivity index (χ0) is 20.6. The summed E-state index contributed by atoms with van der Waals surface area (Å²) in [5.41, 5.74) is 1.26. The van der Waals surface area contributed by atoms with Crippen LogP contribution in [0.5, 0.6) is 0 Å². The van der Waals surface area contributed by atoms with Crippen molar-refractivity contribution < 1.29 is 13.9 Å². The number of likely N-dealkylation sites (tertiary alicyclic amines) is 1. The predicted octanol–water partition coefficient (Wildman–Crippen LogP) is 2.75. The third-order valence-electron chi connectivity index (χ3n) is 4.96. The Morgan fingerprint density at radius 2 is 2.14 bits per heavy atom. The van der Waals surface area contributed by atoms with Gasteiger partial charge >= 0.3 is 5.97 Å². The zero-order valence-electron chi connectivity index (χ0n) is 17.0. The minimum Gasteiger partial charge on any atom is -0.466 e. The molecule has 8 heteroatoms. The van der Waals surface area contributed by atoms with Crippen LogP contribution in [0.1, 0.15) is 32.3 Å². The van der Waals surface area contributed by atoms with Gasteiger partial charge < -0.3 is 19.5 Å². The molecule has 1 aromatic heterocycles. The summed E-state index contributed by atoms with van der Waals surface area (Å²) in [4.78, 5) is 22.7. The van der Waals surface area contributed by atoms with Gasteiger partial charge in [-0.1, -0.05) is 6.07 Å². The van der Waals surface area contributed by atoms with Gasteiger partial charge in [-0.3, -0.25) is 4.79 Å². The molecule has 0 aliphatic carbocycles. The van der Waals surface area contributed by atoms with E-state index < -0.39 is 0 Å². The topological polar surface area (TPSA) is 71.8 Å². The average Bonchev–Trinajstić information content (AvgIpc) is 3.26. The van der Waals surface area contributed by atoms with Crippen molar-refractivity contribution >= 4 is 11.9 Å². The zero-order valence-corrected chi connectivity index (χ0v) is 17.0. The summed E-state index contributed by atoms with van der Waals surface area (Å²) >= 11 is 0. The number of hydrogen-bond acceptors (Lipinski definition) is 4. The highest BCUT2D eigenvalue weighted by Crippen LogP contribution is 2.19. The molecule has 0 radical (unpaired) electrons. The quantitative estimate of drug-likeness (QED) is 0.458. The maximum absolute atomic E-state index is 14.5. The van der Waals surface area contributed by atoms with Gasteiger partial charge in [0.05, 0.1) is 31.1 Å². The predicted molar refractivity (Wildman–Crippen MR) is 109 cm³/mol. The molecule has 0 amide bonds. The van der Waals surface area contributed by atoms with Crippen LogP contribution in [0.3, 0.4) is 0 Å². The lowest BCUT2D eigenvalue weighted by Crippen LogP contribution is -2.46. The normalized spacial score (nSPS) is 15.4. The Balaban J connectivity index is 1.64. The molecule has 1 aliphatic rings. The minimum absolute atomic E-state index is 0.0427. The van der Waals surface area contributed by atoms with Crippen molar-refractivity contribution in [2.75, 3.05) is 26.2 Å². The van der Waals surface area contributed by atoms with Crippen LogP contribution in [-0.4, -0.2) is 52.6 Å². The van der Waals surface area contributed by atoms with Gasteiger partial charge in [0.25, 0.3) is 0 Å². The van der Waals surface area contributed by atoms with Gasteiger partial charge in [0.15, 0.2) is 5.96 Å².